The number of fused-ring (bicyclic) bond motifs is 1. The maximum absolute atomic E-state index is 13.9. The van der Waals surface area contributed by atoms with Gasteiger partial charge in [-0.1, -0.05) is 11.8 Å². The molecule has 7 unspecified atom stereocenters. The fraction of sp³-hybridized carbons (Fsp3) is 0.632. The van der Waals surface area contributed by atoms with Gasteiger partial charge in [0.2, 0.25) is 0 Å². The van der Waals surface area contributed by atoms with Crippen molar-refractivity contribution in [3.05, 3.63) is 24.7 Å². The molecule has 0 bridgehead atoms. The Morgan fingerprint density at radius 2 is 1.95 bits per heavy atom. The molecule has 0 saturated carbocycles. The molecule has 240 valence electrons. The lowest BCUT2D eigenvalue weighted by molar-refractivity contribution is -0.287. The lowest BCUT2D eigenvalue weighted by atomic mass is 9.94. The number of alkyl halides is 1. The van der Waals surface area contributed by atoms with Gasteiger partial charge in [-0.15, -0.1) is 10.8 Å². The van der Waals surface area contributed by atoms with E-state index < -0.39 is 88.7 Å². The maximum atomic E-state index is 13.9. The van der Waals surface area contributed by atoms with Crippen LogP contribution >= 0.6 is 14.5 Å². The molecule has 4 rings (SSSR count). The van der Waals surface area contributed by atoms with E-state index in [2.05, 4.69) is 41.4 Å². The number of hydrogen-bond donors (Lipinski definition) is 9. The summed E-state index contributed by atoms with van der Waals surface area (Å²) in [5.74, 6) is -0.0449. The molecule has 24 heteroatoms. The van der Waals surface area contributed by atoms with Gasteiger partial charge in [-0.25, -0.2) is 23.2 Å². The normalized spacial score (nSPS) is 36.5. The second kappa shape index (κ2) is 12.8. The van der Waals surface area contributed by atoms with Crippen LogP contribution in [-0.4, -0.2) is 133 Å². The smallest absolute Gasteiger partial charge is 0.393 e. The fourth-order valence-electron chi connectivity index (χ4n) is 4.27. The minimum atomic E-state index is -5.55. The van der Waals surface area contributed by atoms with E-state index in [9.17, 15) is 44.3 Å². The van der Waals surface area contributed by atoms with Crippen molar-refractivity contribution in [2.75, 3.05) is 18.9 Å². The number of halogens is 1. The van der Waals surface area contributed by atoms with E-state index >= 15 is 0 Å². The van der Waals surface area contributed by atoms with Crippen LogP contribution in [0.1, 0.15) is 6.23 Å². The summed E-state index contributed by atoms with van der Waals surface area (Å²) in [4.78, 5) is 28.3. The van der Waals surface area contributed by atoms with Crippen LogP contribution in [0, 0.1) is 0 Å². The number of anilines is 1. The number of phosphoric ester groups is 1. The zero-order valence-electron chi connectivity index (χ0n) is 21.5. The second-order valence-electron chi connectivity index (χ2n) is 9.23. The van der Waals surface area contributed by atoms with Crippen LogP contribution in [0.3, 0.4) is 0 Å². The van der Waals surface area contributed by atoms with E-state index in [1.165, 1.54) is 0 Å². The van der Waals surface area contributed by atoms with Gasteiger partial charge in [0, 0.05) is 0 Å². The Bertz CT molecular complexity index is 1470. The van der Waals surface area contributed by atoms with Crippen molar-refractivity contribution < 1.29 is 72.2 Å². The summed E-state index contributed by atoms with van der Waals surface area (Å²) in [6.07, 6.45) is -15.9. The van der Waals surface area contributed by atoms with Gasteiger partial charge in [-0.05, 0) is 17.9 Å². The SMILES string of the molecule is C=C=C[C@@]1(O)[C@H](O)[C@@H](COP(O)(=S)OP(=O)(O)OC2OC([C@@H](F)CO)C(O)C(O)C2O)O[C@H]1n1nnc2c(N)ncnc21. The number of nitrogens with two attached hydrogens (primary N) is 1. The molecular weight excluding hydrogens is 649 g/mol. The topological polar surface area (TPSA) is 308 Å². The second-order valence-corrected chi connectivity index (χ2v) is 13.6. The third-order valence-electron chi connectivity index (χ3n) is 6.35. The molecule has 2 aliphatic heterocycles. The van der Waals surface area contributed by atoms with E-state index in [1.54, 1.807) is 0 Å². The third kappa shape index (κ3) is 6.86. The molecule has 2 aromatic rings. The van der Waals surface area contributed by atoms with Crippen molar-refractivity contribution in [1.82, 2.24) is 25.0 Å². The van der Waals surface area contributed by atoms with E-state index in [4.69, 9.17) is 36.6 Å². The largest absolute Gasteiger partial charge is 0.481 e. The Balaban J connectivity index is 1.46. The molecule has 0 spiro atoms. The van der Waals surface area contributed by atoms with Gasteiger partial charge < -0.3 is 60.2 Å². The molecule has 20 nitrogen and oxygen atoms in total. The molecular formula is C19H27FN6O14P2S. The monoisotopic (exact) mass is 676 g/mol. The van der Waals surface area contributed by atoms with Crippen LogP contribution in [0.2, 0.25) is 0 Å². The number of ether oxygens (including phenoxy) is 2. The Morgan fingerprint density at radius 3 is 2.60 bits per heavy atom. The van der Waals surface area contributed by atoms with E-state index in [0.29, 0.717) is 0 Å². The van der Waals surface area contributed by atoms with Gasteiger partial charge in [0.05, 0.1) is 13.2 Å². The Labute approximate surface area is 245 Å². The van der Waals surface area contributed by atoms with Crippen molar-refractivity contribution in [1.29, 1.82) is 0 Å². The maximum Gasteiger partial charge on any atom is 0.481 e. The molecule has 4 heterocycles. The zero-order valence-corrected chi connectivity index (χ0v) is 24.1. The van der Waals surface area contributed by atoms with Gasteiger partial charge in [-0.2, -0.15) is 4.68 Å². The number of nitrogens with zero attached hydrogens (tertiary/aromatic N) is 5. The lowest BCUT2D eigenvalue weighted by Gasteiger charge is -2.41. The highest BCUT2D eigenvalue weighted by Gasteiger charge is 2.57. The Kier molecular flexibility index (Phi) is 10.1. The fourth-order valence-corrected chi connectivity index (χ4v) is 7.37. The first-order chi connectivity index (χ1) is 20.0. The first-order valence-electron chi connectivity index (χ1n) is 11.9. The summed E-state index contributed by atoms with van der Waals surface area (Å²) in [5.41, 5.74) is 5.81. The van der Waals surface area contributed by atoms with Crippen LogP contribution in [-0.2, 0) is 39.2 Å². The number of nitrogen functional groups attached to an aromatic ring is 1. The third-order valence-corrected chi connectivity index (χ3v) is 9.87. The van der Waals surface area contributed by atoms with Crippen molar-refractivity contribution in [3.63, 3.8) is 0 Å². The molecule has 12 atom stereocenters. The first kappa shape index (κ1) is 34.0. The van der Waals surface area contributed by atoms with Gasteiger partial charge in [0.1, 0.15) is 43.0 Å². The standard InChI is InChI=1S/C19H27FN6O14P2S/c1-2-3-19(32)14(31)8(37-18(19)26-16-9(24-25-26)15(21)22-6-23-16)5-36-42(35,43)40-41(33,34)39-17-12(30)10(28)11(29)13(38-17)7(20)4-27/h3,6-8,10-14,17-18,27-32H,1,4-5H2,(H,33,34)(H,35,43)(H2,21,22,23)/t7-,8+,10?,11?,12?,13?,14+,17?,18+,19+,42?/m0/s1. The number of rotatable bonds is 11. The highest BCUT2D eigenvalue weighted by Crippen LogP contribution is 2.62. The van der Waals surface area contributed by atoms with Crippen LogP contribution in [0.5, 0.6) is 0 Å². The number of phosphoric acid groups is 1. The van der Waals surface area contributed by atoms with Crippen LogP contribution in [0.15, 0.2) is 24.7 Å². The molecule has 0 aromatic carbocycles. The van der Waals surface area contributed by atoms with E-state index in [0.717, 1.165) is 17.1 Å². The minimum absolute atomic E-state index is 0.00111. The average Bonchev–Trinajstić information content (AvgIpc) is 3.46. The van der Waals surface area contributed by atoms with Gasteiger partial charge in [-0.3, -0.25) is 4.52 Å². The average molecular weight is 676 g/mol. The molecule has 0 aliphatic carbocycles. The quantitative estimate of drug-likeness (QED) is 0.0829. The molecule has 10 N–H and O–H groups in total. The number of hydrogen-bond acceptors (Lipinski definition) is 18. The zero-order chi connectivity index (χ0) is 31.9. The summed E-state index contributed by atoms with van der Waals surface area (Å²) in [6, 6.07) is 0. The van der Waals surface area contributed by atoms with Crippen molar-refractivity contribution >= 4 is 43.3 Å². The molecule has 43 heavy (non-hydrogen) atoms. The van der Waals surface area contributed by atoms with Gasteiger partial charge in [0.25, 0.3) is 0 Å². The van der Waals surface area contributed by atoms with Gasteiger partial charge >= 0.3 is 14.5 Å². The summed E-state index contributed by atoms with van der Waals surface area (Å²) < 4.78 is 52.1. The summed E-state index contributed by atoms with van der Waals surface area (Å²) >= 11 is 4.72. The van der Waals surface area contributed by atoms with Crippen molar-refractivity contribution in [3.8, 4) is 0 Å². The van der Waals surface area contributed by atoms with E-state index in [-0.39, 0.29) is 17.0 Å². The minimum Gasteiger partial charge on any atom is -0.393 e. The van der Waals surface area contributed by atoms with Crippen LogP contribution < -0.4 is 5.73 Å². The number of aromatic nitrogens is 5. The molecule has 0 amide bonds. The summed E-state index contributed by atoms with van der Waals surface area (Å²) in [6.45, 7) is -3.48. The predicted molar refractivity (Wildman–Crippen MR) is 139 cm³/mol. The summed E-state index contributed by atoms with van der Waals surface area (Å²) in [5, 5.41) is 68.6. The number of aliphatic hydroxyl groups is 6. The van der Waals surface area contributed by atoms with Gasteiger partial charge in [0.15, 0.2) is 41.3 Å². The predicted octanol–water partition coefficient (Wildman–Crippen LogP) is -3.36. The summed E-state index contributed by atoms with van der Waals surface area (Å²) in [7, 11) is -5.55. The molecule has 2 aliphatic rings. The molecule has 0 radical (unpaired) electrons. The Hall–Kier alpha value is -1.91. The highest BCUT2D eigenvalue weighted by atomic mass is 32.5. The Morgan fingerprint density at radius 1 is 1.26 bits per heavy atom. The van der Waals surface area contributed by atoms with Crippen LogP contribution in [0.4, 0.5) is 10.2 Å². The number of aliphatic hydroxyl groups excluding tert-OH is 5. The van der Waals surface area contributed by atoms with Crippen LogP contribution in [0.25, 0.3) is 11.2 Å². The van der Waals surface area contributed by atoms with Crippen molar-refractivity contribution in [2.24, 2.45) is 0 Å². The molecule has 2 fully saturated rings. The highest BCUT2D eigenvalue weighted by molar-refractivity contribution is 8.08. The molecule has 2 aromatic heterocycles. The van der Waals surface area contributed by atoms with E-state index in [1.807, 2.05) is 0 Å². The first-order valence-corrected chi connectivity index (χ1v) is 16.0. The lowest BCUT2D eigenvalue weighted by Crippen LogP contribution is -2.60. The molecule has 2 saturated heterocycles. The van der Waals surface area contributed by atoms with Crippen molar-refractivity contribution in [2.45, 2.75) is 60.9 Å².